The number of fused-ring (bicyclic) bond motifs is 1. The molecule has 0 aliphatic heterocycles. The highest BCUT2D eigenvalue weighted by Crippen LogP contribution is 2.59. The second kappa shape index (κ2) is 15.2. The van der Waals surface area contributed by atoms with Crippen LogP contribution in [-0.2, 0) is 18.9 Å². The van der Waals surface area contributed by atoms with E-state index in [4.69, 9.17) is 17.7 Å². The minimum atomic E-state index is -1.90. The van der Waals surface area contributed by atoms with Crippen molar-refractivity contribution in [2.24, 2.45) is 23.2 Å². The topological polar surface area (TPSA) is 40.8 Å². The predicted octanol–water partition coefficient (Wildman–Crippen LogP) is 13.4. The third-order valence-corrected chi connectivity index (χ3v) is 23.6. The van der Waals surface area contributed by atoms with Crippen LogP contribution in [0, 0.1) is 35.0 Å². The van der Waals surface area contributed by atoms with Crippen LogP contribution >= 0.6 is 0 Å². The van der Waals surface area contributed by atoms with Gasteiger partial charge in [0.2, 0.25) is 0 Å². The molecule has 4 nitrogen and oxygen atoms in total. The first-order chi connectivity index (χ1) is 23.1. The quantitative estimate of drug-likeness (QED) is 0.186. The molecular formula is C44H76O4Si3. The highest BCUT2D eigenvalue weighted by atomic mass is 28.4. The number of hydrogen-bond donors (Lipinski definition) is 0. The van der Waals surface area contributed by atoms with Crippen molar-refractivity contribution in [1.82, 2.24) is 0 Å². The normalized spacial score (nSPS) is 28.3. The molecule has 1 aromatic rings. The minimum Gasteiger partial charge on any atom is -0.450 e. The van der Waals surface area contributed by atoms with Crippen molar-refractivity contribution in [2.75, 3.05) is 0 Å². The fraction of sp³-hybridized carbons (Fsp3) is 0.773. The van der Waals surface area contributed by atoms with Gasteiger partial charge in [0.25, 0.3) is 0 Å². The molecule has 3 saturated carbocycles. The van der Waals surface area contributed by atoms with E-state index in [9.17, 15) is 0 Å². The van der Waals surface area contributed by atoms with E-state index < -0.39 is 30.6 Å². The molecule has 3 aliphatic carbocycles. The highest BCUT2D eigenvalue weighted by molar-refractivity contribution is 6.74. The molecule has 6 atom stereocenters. The molecule has 0 bridgehead atoms. The average molecular weight is 753 g/mol. The summed E-state index contributed by atoms with van der Waals surface area (Å²) in [5.41, 5.74) is 3.01. The third-order valence-electron chi connectivity index (χ3n) is 13.4. The second-order valence-electron chi connectivity index (χ2n) is 21.3. The van der Waals surface area contributed by atoms with Crippen molar-refractivity contribution in [2.45, 2.75) is 194 Å². The van der Waals surface area contributed by atoms with Crippen molar-refractivity contribution >= 4 is 25.0 Å². The standard InChI is InChI=1S/C44H76O4Si3/c1-32(20-23-35-24-27-40(45-35)43(8,9)48-49(11,12)13)38-25-26-39-34(19-18-28-44(38,39)10)22-21-33-29-36(46-50(14,15)41(2,3)4)31-37(30-33)47-51(16,17)42(5,6)7/h21-22,24,27,32,36-39H,18-19,25-26,28-31H2,1-17H3/b34-22+/t32-,36-,37-,38-,39+,44-/m1/s1. The van der Waals surface area contributed by atoms with E-state index in [0.29, 0.717) is 17.8 Å². The number of hydrogen-bond acceptors (Lipinski definition) is 4. The Kier molecular flexibility index (Phi) is 12.7. The molecule has 0 unspecified atom stereocenters. The van der Waals surface area contributed by atoms with Crippen LogP contribution in [0.3, 0.4) is 0 Å². The zero-order valence-corrected chi connectivity index (χ0v) is 39.0. The molecule has 3 fully saturated rings. The molecule has 0 radical (unpaired) electrons. The fourth-order valence-corrected chi connectivity index (χ4v) is 13.2. The van der Waals surface area contributed by atoms with Gasteiger partial charge in [-0.3, -0.25) is 0 Å². The number of furan rings is 1. The van der Waals surface area contributed by atoms with Gasteiger partial charge in [-0.2, -0.15) is 0 Å². The third kappa shape index (κ3) is 10.3. The Hall–Kier alpha value is -1.15. The second-order valence-corrected chi connectivity index (χ2v) is 35.2. The summed E-state index contributed by atoms with van der Waals surface area (Å²) in [6.07, 6.45) is 14.9. The lowest BCUT2D eigenvalue weighted by atomic mass is 9.61. The summed E-state index contributed by atoms with van der Waals surface area (Å²) >= 11 is 0. The summed E-state index contributed by atoms with van der Waals surface area (Å²) in [7, 11) is -5.52. The molecule has 3 aliphatic rings. The summed E-state index contributed by atoms with van der Waals surface area (Å²) in [6.45, 7) is 39.5. The Labute approximate surface area is 317 Å². The minimum absolute atomic E-state index is 0.194. The van der Waals surface area contributed by atoms with Gasteiger partial charge in [0.05, 0.1) is 12.2 Å². The predicted molar refractivity (Wildman–Crippen MR) is 225 cm³/mol. The van der Waals surface area contributed by atoms with E-state index in [1.807, 2.05) is 12.1 Å². The molecule has 0 aromatic carbocycles. The average Bonchev–Trinajstić information content (AvgIpc) is 3.57. The Morgan fingerprint density at radius 3 is 1.94 bits per heavy atom. The SMILES string of the molecule is C[C@H](C#Cc1ccc(C(C)(C)O[Si](C)(C)C)o1)[C@H]1CC[C@H]2/C(=C/C=C3C[C@@H](O[Si](C)(C)C(C)(C)C)C[C@H](O[Si](C)(C)C(C)(C)C)C3)CCC[C@]12C. The van der Waals surface area contributed by atoms with Crippen molar-refractivity contribution < 1.29 is 17.7 Å². The van der Waals surface area contributed by atoms with E-state index in [1.54, 1.807) is 5.57 Å². The van der Waals surface area contributed by atoms with Crippen LogP contribution in [0.5, 0.6) is 0 Å². The van der Waals surface area contributed by atoms with E-state index in [-0.39, 0.29) is 27.7 Å². The summed E-state index contributed by atoms with van der Waals surface area (Å²) in [6, 6.07) is 4.07. The Balaban J connectivity index is 1.52. The number of allylic oxidation sites excluding steroid dienone is 3. The molecule has 51 heavy (non-hydrogen) atoms. The van der Waals surface area contributed by atoms with Crippen molar-refractivity contribution in [3.63, 3.8) is 0 Å². The van der Waals surface area contributed by atoms with Gasteiger partial charge < -0.3 is 17.7 Å². The van der Waals surface area contributed by atoms with Crippen LogP contribution in [0.4, 0.5) is 0 Å². The Bertz CT molecular complexity index is 1440. The van der Waals surface area contributed by atoms with Crippen LogP contribution in [0.2, 0.25) is 55.9 Å². The first-order valence-corrected chi connectivity index (χ1v) is 29.4. The summed E-state index contributed by atoms with van der Waals surface area (Å²) < 4.78 is 26.9. The zero-order valence-electron chi connectivity index (χ0n) is 36.0. The maximum atomic E-state index is 7.10. The molecule has 1 heterocycles. The van der Waals surface area contributed by atoms with Gasteiger partial charge in [-0.15, -0.1) is 0 Å². The largest absolute Gasteiger partial charge is 0.450 e. The summed E-state index contributed by atoms with van der Waals surface area (Å²) in [5.74, 6) is 10.2. The fourth-order valence-electron chi connectivity index (χ4n) is 8.79. The molecule has 7 heteroatoms. The van der Waals surface area contributed by atoms with E-state index in [0.717, 1.165) is 30.8 Å². The van der Waals surface area contributed by atoms with Crippen molar-refractivity contribution in [3.8, 4) is 11.8 Å². The first-order valence-electron chi connectivity index (χ1n) is 20.2. The van der Waals surface area contributed by atoms with Crippen LogP contribution in [0.25, 0.3) is 0 Å². The maximum Gasteiger partial charge on any atom is 0.192 e. The lowest BCUT2D eigenvalue weighted by Crippen LogP contribution is -2.48. The molecule has 0 saturated heterocycles. The van der Waals surface area contributed by atoms with E-state index in [2.05, 4.69) is 139 Å². The zero-order chi connectivity index (χ0) is 38.4. The highest BCUT2D eigenvalue weighted by Gasteiger charge is 2.51. The molecule has 1 aromatic heterocycles. The first kappa shape index (κ1) is 42.6. The van der Waals surface area contributed by atoms with Gasteiger partial charge in [0.1, 0.15) is 11.4 Å². The lowest BCUT2D eigenvalue weighted by Gasteiger charge is -2.45. The van der Waals surface area contributed by atoms with Gasteiger partial charge in [-0.05, 0) is 156 Å². The van der Waals surface area contributed by atoms with Crippen molar-refractivity contribution in [3.05, 3.63) is 47.0 Å². The van der Waals surface area contributed by atoms with Crippen molar-refractivity contribution in [1.29, 1.82) is 0 Å². The van der Waals surface area contributed by atoms with E-state index >= 15 is 0 Å². The molecule has 0 spiro atoms. The Morgan fingerprint density at radius 2 is 1.41 bits per heavy atom. The van der Waals surface area contributed by atoms with Gasteiger partial charge in [-0.25, -0.2) is 0 Å². The smallest absolute Gasteiger partial charge is 0.192 e. The van der Waals surface area contributed by atoms with Crippen LogP contribution in [0.1, 0.15) is 132 Å². The maximum absolute atomic E-state index is 7.10. The Morgan fingerprint density at radius 1 is 0.843 bits per heavy atom. The van der Waals surface area contributed by atoms with Gasteiger partial charge >= 0.3 is 0 Å². The summed E-state index contributed by atoms with van der Waals surface area (Å²) in [4.78, 5) is 0. The molecule has 0 N–H and O–H groups in total. The van der Waals surface area contributed by atoms with Gasteiger partial charge in [0.15, 0.2) is 30.7 Å². The molecule has 288 valence electrons. The number of rotatable bonds is 9. The molecule has 4 rings (SSSR count). The monoisotopic (exact) mass is 753 g/mol. The van der Waals surface area contributed by atoms with Gasteiger partial charge in [0, 0.05) is 5.92 Å². The van der Waals surface area contributed by atoms with Crippen LogP contribution in [-0.4, -0.2) is 37.2 Å². The van der Waals surface area contributed by atoms with Gasteiger partial charge in [-0.1, -0.05) is 84.6 Å². The lowest BCUT2D eigenvalue weighted by molar-refractivity contribution is 0.0724. The van der Waals surface area contributed by atoms with E-state index in [1.165, 1.54) is 37.7 Å². The molecular weight excluding hydrogens is 677 g/mol. The molecule has 0 amide bonds. The summed E-state index contributed by atoms with van der Waals surface area (Å²) in [5, 5.41) is 0.387. The van der Waals surface area contributed by atoms with Crippen LogP contribution < -0.4 is 0 Å². The van der Waals surface area contributed by atoms with Crippen LogP contribution in [0.15, 0.2) is 39.8 Å².